The van der Waals surface area contributed by atoms with E-state index in [2.05, 4.69) is 35.6 Å². The first kappa shape index (κ1) is 19.7. The summed E-state index contributed by atoms with van der Waals surface area (Å²) >= 11 is 0. The van der Waals surface area contributed by atoms with Crippen LogP contribution in [0.1, 0.15) is 17.0 Å². The molecule has 0 aromatic heterocycles. The van der Waals surface area contributed by atoms with Crippen LogP contribution in [0, 0.1) is 0 Å². The van der Waals surface area contributed by atoms with Crippen molar-refractivity contribution in [1.29, 1.82) is 0 Å². The van der Waals surface area contributed by atoms with Crippen LogP contribution in [-0.4, -0.2) is 19.1 Å². The molecule has 0 spiro atoms. The minimum Gasteiger partial charge on any atom is -0.491 e. The molecular formula is C27H25NO2. The zero-order valence-corrected chi connectivity index (χ0v) is 16.8. The van der Waals surface area contributed by atoms with Gasteiger partial charge >= 0.3 is 0 Å². The van der Waals surface area contributed by atoms with E-state index in [4.69, 9.17) is 4.74 Å². The van der Waals surface area contributed by atoms with Gasteiger partial charge in [-0.05, 0) is 29.0 Å². The van der Waals surface area contributed by atoms with Gasteiger partial charge in [-0.25, -0.2) is 0 Å². The van der Waals surface area contributed by atoms with E-state index in [-0.39, 0.29) is 11.8 Å². The summed E-state index contributed by atoms with van der Waals surface area (Å²) in [7, 11) is 0. The van der Waals surface area contributed by atoms with Gasteiger partial charge in [0.1, 0.15) is 12.4 Å². The fourth-order valence-corrected chi connectivity index (χ4v) is 3.68. The monoisotopic (exact) mass is 395 g/mol. The molecule has 0 aliphatic carbocycles. The Balaban J connectivity index is 1.39. The summed E-state index contributed by atoms with van der Waals surface area (Å²) < 4.78 is 5.96. The van der Waals surface area contributed by atoms with Gasteiger partial charge in [-0.3, -0.25) is 4.79 Å². The van der Waals surface area contributed by atoms with E-state index in [9.17, 15) is 4.79 Å². The zero-order chi connectivity index (χ0) is 20.6. The molecule has 0 aliphatic rings. The third-order valence-corrected chi connectivity index (χ3v) is 5.21. The summed E-state index contributed by atoms with van der Waals surface area (Å²) in [5, 5.41) is 5.28. The van der Waals surface area contributed by atoms with Crippen LogP contribution < -0.4 is 10.1 Å². The normalized spacial score (nSPS) is 11.7. The smallest absolute Gasteiger partial charge is 0.227 e. The lowest BCUT2D eigenvalue weighted by Gasteiger charge is -2.18. The average molecular weight is 396 g/mol. The Morgan fingerprint density at radius 3 is 2.23 bits per heavy atom. The summed E-state index contributed by atoms with van der Waals surface area (Å²) in [6.07, 6.45) is 0.668. The van der Waals surface area contributed by atoms with Gasteiger partial charge in [0.2, 0.25) is 5.91 Å². The van der Waals surface area contributed by atoms with Crippen LogP contribution >= 0.6 is 0 Å². The van der Waals surface area contributed by atoms with Crippen LogP contribution in [0.2, 0.25) is 0 Å². The maximum Gasteiger partial charge on any atom is 0.227 e. The maximum atomic E-state index is 13.0. The molecule has 3 heteroatoms. The highest BCUT2D eigenvalue weighted by Crippen LogP contribution is 2.25. The molecule has 0 fully saturated rings. The Morgan fingerprint density at radius 1 is 0.767 bits per heavy atom. The van der Waals surface area contributed by atoms with Crippen molar-refractivity contribution in [2.45, 2.75) is 12.3 Å². The molecule has 4 rings (SSSR count). The molecule has 0 bridgehead atoms. The molecular weight excluding hydrogens is 370 g/mol. The lowest BCUT2D eigenvalue weighted by atomic mass is 9.91. The van der Waals surface area contributed by atoms with Gasteiger partial charge in [0, 0.05) is 5.39 Å². The van der Waals surface area contributed by atoms with Crippen LogP contribution in [-0.2, 0) is 11.2 Å². The van der Waals surface area contributed by atoms with E-state index >= 15 is 0 Å². The molecule has 1 unspecified atom stereocenters. The van der Waals surface area contributed by atoms with Crippen LogP contribution in [0.5, 0.6) is 5.75 Å². The number of benzene rings is 4. The van der Waals surface area contributed by atoms with Gasteiger partial charge in [-0.15, -0.1) is 0 Å². The topological polar surface area (TPSA) is 38.3 Å². The van der Waals surface area contributed by atoms with E-state index in [1.807, 2.05) is 72.8 Å². The van der Waals surface area contributed by atoms with Gasteiger partial charge in [0.15, 0.2) is 0 Å². The third-order valence-electron chi connectivity index (χ3n) is 5.21. The number of carbonyl (C=O) groups excluding carboxylic acids is 1. The maximum absolute atomic E-state index is 13.0. The number of carbonyl (C=O) groups is 1. The van der Waals surface area contributed by atoms with Crippen molar-refractivity contribution < 1.29 is 9.53 Å². The molecule has 0 radical (unpaired) electrons. The van der Waals surface area contributed by atoms with Gasteiger partial charge in [-0.1, -0.05) is 97.1 Å². The van der Waals surface area contributed by atoms with Crippen LogP contribution in [0.4, 0.5) is 0 Å². The largest absolute Gasteiger partial charge is 0.491 e. The summed E-state index contributed by atoms with van der Waals surface area (Å²) in [6.45, 7) is 0.882. The Bertz CT molecular complexity index is 1090. The van der Waals surface area contributed by atoms with Crippen molar-refractivity contribution in [3.05, 3.63) is 114 Å². The molecule has 30 heavy (non-hydrogen) atoms. The minimum atomic E-state index is -0.230. The predicted molar refractivity (Wildman–Crippen MR) is 122 cm³/mol. The number of fused-ring (bicyclic) bond motifs is 1. The second-order valence-electron chi connectivity index (χ2n) is 7.27. The van der Waals surface area contributed by atoms with Crippen molar-refractivity contribution in [2.24, 2.45) is 0 Å². The van der Waals surface area contributed by atoms with Gasteiger partial charge in [0.25, 0.3) is 0 Å². The first-order chi connectivity index (χ1) is 14.8. The molecule has 3 nitrogen and oxygen atoms in total. The predicted octanol–water partition coefficient (Wildman–Crippen LogP) is 5.36. The summed E-state index contributed by atoms with van der Waals surface area (Å²) in [4.78, 5) is 13.0. The molecule has 1 amide bonds. The fraction of sp³-hybridized carbons (Fsp3) is 0.148. The molecule has 150 valence electrons. The van der Waals surface area contributed by atoms with E-state index in [0.29, 0.717) is 19.6 Å². The molecule has 4 aromatic carbocycles. The minimum absolute atomic E-state index is 0.0200. The van der Waals surface area contributed by atoms with Gasteiger partial charge in [-0.2, -0.15) is 0 Å². The standard InChI is InChI=1S/C27H25NO2/c29-27(25(23-12-5-2-6-13-23)20-21-10-3-1-4-11-21)28-18-19-30-26-17-9-15-22-14-7-8-16-24(22)26/h1-17,25H,18-20H2,(H,28,29). The lowest BCUT2D eigenvalue weighted by molar-refractivity contribution is -0.122. The van der Waals surface area contributed by atoms with Crippen molar-refractivity contribution in [2.75, 3.05) is 13.2 Å². The average Bonchev–Trinajstić information content (AvgIpc) is 2.81. The van der Waals surface area contributed by atoms with Crippen LogP contribution in [0.3, 0.4) is 0 Å². The fourth-order valence-electron chi connectivity index (χ4n) is 3.68. The van der Waals surface area contributed by atoms with Crippen LogP contribution in [0.15, 0.2) is 103 Å². The SMILES string of the molecule is O=C(NCCOc1cccc2ccccc12)C(Cc1ccccc1)c1ccccc1. The Hall–Kier alpha value is -3.59. The van der Waals surface area contributed by atoms with Gasteiger partial charge in [0.05, 0.1) is 12.5 Å². The number of hydrogen-bond donors (Lipinski definition) is 1. The number of hydrogen-bond acceptors (Lipinski definition) is 2. The number of rotatable bonds is 8. The molecule has 0 heterocycles. The highest BCUT2D eigenvalue weighted by molar-refractivity contribution is 5.88. The lowest BCUT2D eigenvalue weighted by Crippen LogP contribution is -2.33. The summed E-state index contributed by atoms with van der Waals surface area (Å²) in [5.41, 5.74) is 2.17. The van der Waals surface area contributed by atoms with Crippen molar-refractivity contribution in [3.63, 3.8) is 0 Å². The van der Waals surface area contributed by atoms with Crippen molar-refractivity contribution in [3.8, 4) is 5.75 Å². The molecule has 1 atom stereocenters. The van der Waals surface area contributed by atoms with E-state index in [0.717, 1.165) is 27.6 Å². The highest BCUT2D eigenvalue weighted by atomic mass is 16.5. The second kappa shape index (κ2) is 9.75. The summed E-state index contributed by atoms with van der Waals surface area (Å²) in [6, 6.07) is 34.2. The second-order valence-corrected chi connectivity index (χ2v) is 7.27. The summed E-state index contributed by atoms with van der Waals surface area (Å²) in [5.74, 6) is 0.629. The van der Waals surface area contributed by atoms with E-state index in [1.54, 1.807) is 0 Å². The van der Waals surface area contributed by atoms with Crippen LogP contribution in [0.25, 0.3) is 10.8 Å². The number of nitrogens with one attached hydrogen (secondary N) is 1. The quantitative estimate of drug-likeness (QED) is 0.408. The molecule has 0 aliphatic heterocycles. The Morgan fingerprint density at radius 2 is 1.43 bits per heavy atom. The number of ether oxygens (including phenoxy) is 1. The molecule has 1 N–H and O–H groups in total. The highest BCUT2D eigenvalue weighted by Gasteiger charge is 2.20. The first-order valence-electron chi connectivity index (χ1n) is 10.3. The third kappa shape index (κ3) is 4.87. The Labute approximate surface area is 177 Å². The van der Waals surface area contributed by atoms with E-state index < -0.39 is 0 Å². The molecule has 4 aromatic rings. The number of amides is 1. The molecule has 0 saturated carbocycles. The first-order valence-corrected chi connectivity index (χ1v) is 10.3. The van der Waals surface area contributed by atoms with E-state index in [1.165, 1.54) is 0 Å². The molecule has 0 saturated heterocycles. The zero-order valence-electron chi connectivity index (χ0n) is 16.8. The van der Waals surface area contributed by atoms with Crippen molar-refractivity contribution >= 4 is 16.7 Å². The van der Waals surface area contributed by atoms with Gasteiger partial charge < -0.3 is 10.1 Å². The van der Waals surface area contributed by atoms with Crippen molar-refractivity contribution in [1.82, 2.24) is 5.32 Å². The Kier molecular flexibility index (Phi) is 6.41.